The van der Waals surface area contributed by atoms with Gasteiger partial charge in [-0.05, 0) is 38.7 Å². The SMILES string of the molecule is CCOC(=O)C1(C/C=C/c2ccccc2)CCCN(C(=O)CSc2nnc(C)s2)C1. The van der Waals surface area contributed by atoms with Crippen molar-refractivity contribution in [2.45, 2.75) is 37.4 Å². The van der Waals surface area contributed by atoms with Gasteiger partial charge in [0.1, 0.15) is 5.01 Å². The number of esters is 1. The minimum Gasteiger partial charge on any atom is -0.466 e. The lowest BCUT2D eigenvalue weighted by atomic mass is 9.76. The first-order valence-electron chi connectivity index (χ1n) is 10.1. The highest BCUT2D eigenvalue weighted by molar-refractivity contribution is 8.01. The first-order valence-corrected chi connectivity index (χ1v) is 11.9. The van der Waals surface area contributed by atoms with E-state index >= 15 is 0 Å². The van der Waals surface area contributed by atoms with Crippen molar-refractivity contribution in [1.82, 2.24) is 15.1 Å². The predicted octanol–water partition coefficient (Wildman–Crippen LogP) is 4.21. The third kappa shape index (κ3) is 5.92. The van der Waals surface area contributed by atoms with E-state index in [9.17, 15) is 9.59 Å². The van der Waals surface area contributed by atoms with Gasteiger partial charge in [-0.15, -0.1) is 10.2 Å². The van der Waals surface area contributed by atoms with Gasteiger partial charge in [0.05, 0.1) is 17.8 Å². The minimum atomic E-state index is -0.695. The predicted molar refractivity (Wildman–Crippen MR) is 120 cm³/mol. The third-order valence-electron chi connectivity index (χ3n) is 5.08. The Labute approximate surface area is 185 Å². The number of thioether (sulfide) groups is 1. The summed E-state index contributed by atoms with van der Waals surface area (Å²) in [6, 6.07) is 9.99. The summed E-state index contributed by atoms with van der Waals surface area (Å²) in [4.78, 5) is 27.5. The molecule has 1 atom stereocenters. The molecule has 160 valence electrons. The van der Waals surface area contributed by atoms with Crippen LogP contribution in [0.1, 0.15) is 36.8 Å². The average Bonchev–Trinajstić information content (AvgIpc) is 3.18. The fourth-order valence-corrected chi connectivity index (χ4v) is 5.30. The van der Waals surface area contributed by atoms with E-state index in [2.05, 4.69) is 10.2 Å². The third-order valence-corrected chi connectivity index (χ3v) is 7.04. The Morgan fingerprint density at radius 2 is 2.10 bits per heavy atom. The molecule has 1 aliphatic rings. The molecule has 0 aliphatic carbocycles. The van der Waals surface area contributed by atoms with E-state index in [-0.39, 0.29) is 11.9 Å². The molecule has 1 saturated heterocycles. The first kappa shape index (κ1) is 22.5. The first-order chi connectivity index (χ1) is 14.5. The molecule has 0 saturated carbocycles. The number of hydrogen-bond donors (Lipinski definition) is 0. The monoisotopic (exact) mass is 445 g/mol. The lowest BCUT2D eigenvalue weighted by molar-refractivity contribution is -0.160. The van der Waals surface area contributed by atoms with Crippen molar-refractivity contribution < 1.29 is 14.3 Å². The van der Waals surface area contributed by atoms with Crippen LogP contribution in [0.2, 0.25) is 0 Å². The van der Waals surface area contributed by atoms with Crippen molar-refractivity contribution in [2.24, 2.45) is 5.41 Å². The Morgan fingerprint density at radius 3 is 2.80 bits per heavy atom. The summed E-state index contributed by atoms with van der Waals surface area (Å²) >= 11 is 2.88. The van der Waals surface area contributed by atoms with E-state index in [1.54, 1.807) is 4.90 Å². The fraction of sp³-hybridized carbons (Fsp3) is 0.455. The van der Waals surface area contributed by atoms with Gasteiger partial charge in [0.15, 0.2) is 4.34 Å². The van der Waals surface area contributed by atoms with Crippen LogP contribution in [0.5, 0.6) is 0 Å². The second-order valence-corrected chi connectivity index (χ2v) is 9.72. The zero-order chi connectivity index (χ0) is 21.4. The molecule has 8 heteroatoms. The summed E-state index contributed by atoms with van der Waals surface area (Å²) in [5.41, 5.74) is 0.392. The van der Waals surface area contributed by atoms with Crippen molar-refractivity contribution in [3.05, 3.63) is 47.0 Å². The Balaban J connectivity index is 1.67. The summed E-state index contributed by atoms with van der Waals surface area (Å²) in [6.45, 7) is 5.10. The maximum atomic E-state index is 12.9. The minimum absolute atomic E-state index is 0.0215. The van der Waals surface area contributed by atoms with Crippen LogP contribution in [-0.4, -0.2) is 52.4 Å². The zero-order valence-electron chi connectivity index (χ0n) is 17.4. The molecular formula is C22H27N3O3S2. The van der Waals surface area contributed by atoms with Gasteiger partial charge in [-0.3, -0.25) is 9.59 Å². The fourth-order valence-electron chi connectivity index (χ4n) is 3.58. The maximum Gasteiger partial charge on any atom is 0.314 e. The molecule has 0 N–H and O–H groups in total. The van der Waals surface area contributed by atoms with Crippen molar-refractivity contribution in [2.75, 3.05) is 25.4 Å². The molecule has 0 radical (unpaired) electrons. The molecule has 1 amide bonds. The molecule has 2 aromatic rings. The van der Waals surface area contributed by atoms with E-state index in [4.69, 9.17) is 4.74 Å². The van der Waals surface area contributed by atoms with Gasteiger partial charge in [0.25, 0.3) is 0 Å². The largest absolute Gasteiger partial charge is 0.466 e. The molecular weight excluding hydrogens is 418 g/mol. The van der Waals surface area contributed by atoms with E-state index in [0.717, 1.165) is 27.8 Å². The second-order valence-electron chi connectivity index (χ2n) is 7.31. The number of allylic oxidation sites excluding steroid dienone is 1. The quantitative estimate of drug-likeness (QED) is 0.448. The number of likely N-dealkylation sites (tertiary alicyclic amines) is 1. The normalized spacial score (nSPS) is 19.2. The maximum absolute atomic E-state index is 12.9. The molecule has 1 fully saturated rings. The van der Waals surface area contributed by atoms with Crippen LogP contribution in [0, 0.1) is 12.3 Å². The number of carbonyl (C=O) groups is 2. The molecule has 2 heterocycles. The Bertz CT molecular complexity index is 885. The molecule has 6 nitrogen and oxygen atoms in total. The van der Waals surface area contributed by atoms with Gasteiger partial charge in [-0.2, -0.15) is 0 Å². The summed E-state index contributed by atoms with van der Waals surface area (Å²) in [6.07, 6.45) is 6.10. The summed E-state index contributed by atoms with van der Waals surface area (Å²) < 4.78 is 6.21. The summed E-state index contributed by atoms with van der Waals surface area (Å²) in [5, 5.41) is 8.93. The average molecular weight is 446 g/mol. The number of piperidine rings is 1. The molecule has 0 spiro atoms. The van der Waals surface area contributed by atoms with Gasteiger partial charge in [0, 0.05) is 13.1 Å². The Hall–Kier alpha value is -2.19. The Kier molecular flexibility index (Phi) is 8.04. The summed E-state index contributed by atoms with van der Waals surface area (Å²) in [7, 11) is 0. The van der Waals surface area contributed by atoms with Crippen LogP contribution in [0.25, 0.3) is 6.08 Å². The topological polar surface area (TPSA) is 72.4 Å². The number of carbonyl (C=O) groups excluding carboxylic acids is 2. The van der Waals surface area contributed by atoms with Crippen molar-refractivity contribution in [3.63, 3.8) is 0 Å². The van der Waals surface area contributed by atoms with Crippen LogP contribution in [0.3, 0.4) is 0 Å². The lowest BCUT2D eigenvalue weighted by Gasteiger charge is -2.40. The van der Waals surface area contributed by atoms with E-state index in [1.807, 2.05) is 56.3 Å². The van der Waals surface area contributed by atoms with Gasteiger partial charge >= 0.3 is 5.97 Å². The zero-order valence-corrected chi connectivity index (χ0v) is 19.0. The Morgan fingerprint density at radius 1 is 1.30 bits per heavy atom. The number of aryl methyl sites for hydroxylation is 1. The number of aromatic nitrogens is 2. The number of rotatable bonds is 8. The van der Waals surface area contributed by atoms with Gasteiger partial charge in [-0.25, -0.2) is 0 Å². The smallest absolute Gasteiger partial charge is 0.314 e. The second kappa shape index (κ2) is 10.7. The highest BCUT2D eigenvalue weighted by atomic mass is 32.2. The molecule has 3 rings (SSSR count). The van der Waals surface area contributed by atoms with Crippen LogP contribution < -0.4 is 0 Å². The molecule has 1 aromatic carbocycles. The lowest BCUT2D eigenvalue weighted by Crippen LogP contribution is -2.50. The number of amides is 1. The summed E-state index contributed by atoms with van der Waals surface area (Å²) in [5.74, 6) is 0.105. The molecule has 1 aliphatic heterocycles. The van der Waals surface area contributed by atoms with E-state index in [1.165, 1.54) is 23.1 Å². The standard InChI is InChI=1S/C22H27N3O3S2/c1-3-28-20(27)22(12-7-11-18-9-5-4-6-10-18)13-8-14-25(16-22)19(26)15-29-21-24-23-17(2)30-21/h4-7,9-11H,3,8,12-16H2,1-2H3/b11-7+. The van der Waals surface area contributed by atoms with Crippen molar-refractivity contribution in [3.8, 4) is 0 Å². The number of benzene rings is 1. The number of hydrogen-bond acceptors (Lipinski definition) is 7. The van der Waals surface area contributed by atoms with Gasteiger partial charge in [-0.1, -0.05) is 65.6 Å². The van der Waals surface area contributed by atoms with E-state index < -0.39 is 5.41 Å². The highest BCUT2D eigenvalue weighted by Crippen LogP contribution is 2.36. The van der Waals surface area contributed by atoms with Crippen LogP contribution in [-0.2, 0) is 14.3 Å². The molecule has 1 unspecified atom stereocenters. The van der Waals surface area contributed by atoms with Gasteiger partial charge < -0.3 is 9.64 Å². The number of nitrogens with zero attached hydrogens (tertiary/aromatic N) is 3. The van der Waals surface area contributed by atoms with E-state index in [0.29, 0.717) is 31.9 Å². The highest BCUT2D eigenvalue weighted by Gasteiger charge is 2.43. The number of ether oxygens (including phenoxy) is 1. The van der Waals surface area contributed by atoms with Crippen molar-refractivity contribution in [1.29, 1.82) is 0 Å². The van der Waals surface area contributed by atoms with Crippen LogP contribution in [0.4, 0.5) is 0 Å². The molecule has 30 heavy (non-hydrogen) atoms. The molecule has 1 aromatic heterocycles. The van der Waals surface area contributed by atoms with Crippen LogP contribution >= 0.6 is 23.1 Å². The van der Waals surface area contributed by atoms with Gasteiger partial charge in [0.2, 0.25) is 5.91 Å². The molecule has 0 bridgehead atoms. The van der Waals surface area contributed by atoms with Crippen molar-refractivity contribution >= 4 is 41.1 Å². The van der Waals surface area contributed by atoms with Crippen LogP contribution in [0.15, 0.2) is 40.7 Å².